The molecule has 0 fully saturated rings. The second-order valence-corrected chi connectivity index (χ2v) is 3.51. The van der Waals surface area contributed by atoms with E-state index in [1.165, 1.54) is 0 Å². The summed E-state index contributed by atoms with van der Waals surface area (Å²) in [5.74, 6) is -0.372. The summed E-state index contributed by atoms with van der Waals surface area (Å²) >= 11 is 0. The van der Waals surface area contributed by atoms with Gasteiger partial charge >= 0.3 is 5.97 Å². The standard InChI is InChI=1S/C11H13N3O2/c1-3-16-11(15)8-4-7(12)5-9-10(8)14(2)6-13-9/h4-6H,3,12H2,1-2H3. The van der Waals surface area contributed by atoms with Crippen LogP contribution in [0.5, 0.6) is 0 Å². The largest absolute Gasteiger partial charge is 0.462 e. The van der Waals surface area contributed by atoms with Gasteiger partial charge in [0.15, 0.2) is 0 Å². The molecule has 2 N–H and O–H groups in total. The van der Waals surface area contributed by atoms with Gasteiger partial charge in [-0.2, -0.15) is 0 Å². The number of nitrogens with zero attached hydrogens (tertiary/aromatic N) is 2. The lowest BCUT2D eigenvalue weighted by Crippen LogP contribution is -2.07. The van der Waals surface area contributed by atoms with Crippen molar-refractivity contribution in [1.29, 1.82) is 0 Å². The molecule has 0 radical (unpaired) electrons. The molecule has 0 aliphatic heterocycles. The highest BCUT2D eigenvalue weighted by atomic mass is 16.5. The Bertz CT molecular complexity index is 545. The Morgan fingerprint density at radius 2 is 2.31 bits per heavy atom. The van der Waals surface area contributed by atoms with Crippen LogP contribution in [0.15, 0.2) is 18.5 Å². The number of aryl methyl sites for hydroxylation is 1. The smallest absolute Gasteiger partial charge is 0.340 e. The van der Waals surface area contributed by atoms with Crippen molar-refractivity contribution in [2.45, 2.75) is 6.92 Å². The van der Waals surface area contributed by atoms with Crippen LogP contribution >= 0.6 is 0 Å². The Kier molecular flexibility index (Phi) is 2.52. The fourth-order valence-corrected chi connectivity index (χ4v) is 1.68. The van der Waals surface area contributed by atoms with E-state index in [1.807, 2.05) is 7.05 Å². The summed E-state index contributed by atoms with van der Waals surface area (Å²) in [5.41, 5.74) is 8.12. The van der Waals surface area contributed by atoms with Crippen molar-refractivity contribution in [2.24, 2.45) is 7.05 Å². The summed E-state index contributed by atoms with van der Waals surface area (Å²) in [6.45, 7) is 2.11. The molecule has 0 bridgehead atoms. The number of aromatic nitrogens is 2. The van der Waals surface area contributed by atoms with E-state index in [0.717, 1.165) is 5.52 Å². The SMILES string of the molecule is CCOC(=O)c1cc(N)cc2ncn(C)c12. The van der Waals surface area contributed by atoms with Crippen LogP contribution in [0.2, 0.25) is 0 Å². The number of anilines is 1. The van der Waals surface area contributed by atoms with Gasteiger partial charge in [0.2, 0.25) is 0 Å². The van der Waals surface area contributed by atoms with Gasteiger partial charge in [0.25, 0.3) is 0 Å². The first-order valence-electron chi connectivity index (χ1n) is 5.01. The number of nitrogens with two attached hydrogens (primary N) is 1. The van der Waals surface area contributed by atoms with Crippen LogP contribution < -0.4 is 5.73 Å². The molecule has 2 aromatic rings. The summed E-state index contributed by atoms with van der Waals surface area (Å²) in [6, 6.07) is 3.35. The second kappa shape index (κ2) is 3.84. The average molecular weight is 219 g/mol. The van der Waals surface area contributed by atoms with E-state index in [-0.39, 0.29) is 5.97 Å². The summed E-state index contributed by atoms with van der Waals surface area (Å²) < 4.78 is 6.76. The highest BCUT2D eigenvalue weighted by Crippen LogP contribution is 2.21. The molecular formula is C11H13N3O2. The van der Waals surface area contributed by atoms with E-state index in [2.05, 4.69) is 4.98 Å². The van der Waals surface area contributed by atoms with E-state index in [4.69, 9.17) is 10.5 Å². The molecule has 0 saturated heterocycles. The minimum absolute atomic E-state index is 0.340. The fourth-order valence-electron chi connectivity index (χ4n) is 1.68. The van der Waals surface area contributed by atoms with Crippen molar-refractivity contribution >= 4 is 22.7 Å². The van der Waals surface area contributed by atoms with Crippen molar-refractivity contribution in [1.82, 2.24) is 9.55 Å². The number of carbonyl (C=O) groups is 1. The Morgan fingerprint density at radius 3 is 3.00 bits per heavy atom. The van der Waals surface area contributed by atoms with Crippen LogP contribution in [0.4, 0.5) is 5.69 Å². The number of rotatable bonds is 2. The number of imidazole rings is 1. The predicted octanol–water partition coefficient (Wildman–Crippen LogP) is 1.33. The van der Waals surface area contributed by atoms with Gasteiger partial charge in [-0.25, -0.2) is 9.78 Å². The number of ether oxygens (including phenoxy) is 1. The monoisotopic (exact) mass is 219 g/mol. The van der Waals surface area contributed by atoms with Gasteiger partial charge in [0.1, 0.15) is 0 Å². The number of fused-ring (bicyclic) bond motifs is 1. The van der Waals surface area contributed by atoms with Crippen LogP contribution in [0, 0.1) is 0 Å². The molecule has 1 aromatic heterocycles. The Hall–Kier alpha value is -2.04. The number of hydrogen-bond acceptors (Lipinski definition) is 4. The zero-order chi connectivity index (χ0) is 11.7. The molecular weight excluding hydrogens is 206 g/mol. The number of nitrogen functional groups attached to an aromatic ring is 1. The highest BCUT2D eigenvalue weighted by Gasteiger charge is 2.15. The first-order valence-corrected chi connectivity index (χ1v) is 5.01. The van der Waals surface area contributed by atoms with E-state index in [9.17, 15) is 4.79 Å². The molecule has 16 heavy (non-hydrogen) atoms. The first kappa shape index (κ1) is 10.5. The van der Waals surface area contributed by atoms with Crippen molar-refractivity contribution < 1.29 is 9.53 Å². The Morgan fingerprint density at radius 1 is 1.56 bits per heavy atom. The van der Waals surface area contributed by atoms with E-state index in [1.54, 1.807) is 30.0 Å². The molecule has 5 heteroatoms. The number of benzene rings is 1. The van der Waals surface area contributed by atoms with Gasteiger partial charge in [-0.15, -0.1) is 0 Å². The third-order valence-electron chi connectivity index (χ3n) is 2.33. The van der Waals surface area contributed by atoms with E-state index >= 15 is 0 Å². The van der Waals surface area contributed by atoms with Crippen LogP contribution in [0.1, 0.15) is 17.3 Å². The second-order valence-electron chi connectivity index (χ2n) is 3.51. The molecule has 0 saturated carbocycles. The van der Waals surface area contributed by atoms with Crippen molar-refractivity contribution in [3.05, 3.63) is 24.0 Å². The summed E-state index contributed by atoms with van der Waals surface area (Å²) in [7, 11) is 1.83. The molecule has 0 amide bonds. The first-order chi connectivity index (χ1) is 7.63. The highest BCUT2D eigenvalue weighted by molar-refractivity contribution is 6.03. The average Bonchev–Trinajstić information content (AvgIpc) is 2.59. The lowest BCUT2D eigenvalue weighted by atomic mass is 10.1. The maximum absolute atomic E-state index is 11.7. The summed E-state index contributed by atoms with van der Waals surface area (Å²) in [5, 5.41) is 0. The van der Waals surface area contributed by atoms with Gasteiger partial charge in [-0.05, 0) is 19.1 Å². The zero-order valence-corrected chi connectivity index (χ0v) is 9.23. The topological polar surface area (TPSA) is 70.1 Å². The molecule has 5 nitrogen and oxygen atoms in total. The van der Waals surface area contributed by atoms with Crippen molar-refractivity contribution in [3.63, 3.8) is 0 Å². The van der Waals surface area contributed by atoms with Gasteiger partial charge in [0, 0.05) is 12.7 Å². The third-order valence-corrected chi connectivity index (χ3v) is 2.33. The minimum atomic E-state index is -0.372. The summed E-state index contributed by atoms with van der Waals surface area (Å²) in [6.07, 6.45) is 1.65. The maximum atomic E-state index is 11.7. The van der Waals surface area contributed by atoms with E-state index in [0.29, 0.717) is 23.4 Å². The number of esters is 1. The fraction of sp³-hybridized carbons (Fsp3) is 0.273. The molecule has 0 aliphatic carbocycles. The molecule has 1 heterocycles. The summed E-state index contributed by atoms with van der Waals surface area (Å²) in [4.78, 5) is 15.9. The van der Waals surface area contributed by atoms with Gasteiger partial charge in [-0.1, -0.05) is 0 Å². The molecule has 1 aromatic carbocycles. The van der Waals surface area contributed by atoms with Crippen LogP contribution in [0.25, 0.3) is 11.0 Å². The van der Waals surface area contributed by atoms with Crippen molar-refractivity contribution in [3.8, 4) is 0 Å². The quantitative estimate of drug-likeness (QED) is 0.611. The maximum Gasteiger partial charge on any atom is 0.340 e. The zero-order valence-electron chi connectivity index (χ0n) is 9.23. The molecule has 0 unspecified atom stereocenters. The van der Waals surface area contributed by atoms with Crippen LogP contribution in [-0.2, 0) is 11.8 Å². The number of hydrogen-bond donors (Lipinski definition) is 1. The van der Waals surface area contributed by atoms with Gasteiger partial charge in [-0.3, -0.25) is 0 Å². The molecule has 0 atom stereocenters. The minimum Gasteiger partial charge on any atom is -0.462 e. The van der Waals surface area contributed by atoms with Gasteiger partial charge in [0.05, 0.1) is 29.5 Å². The van der Waals surface area contributed by atoms with Gasteiger partial charge < -0.3 is 15.0 Å². The Balaban J connectivity index is 2.66. The predicted molar refractivity (Wildman–Crippen MR) is 61.1 cm³/mol. The molecule has 84 valence electrons. The van der Waals surface area contributed by atoms with Crippen LogP contribution in [0.3, 0.4) is 0 Å². The molecule has 2 rings (SSSR count). The van der Waals surface area contributed by atoms with Crippen LogP contribution in [-0.4, -0.2) is 22.1 Å². The third kappa shape index (κ3) is 1.60. The molecule has 0 spiro atoms. The number of carbonyl (C=O) groups excluding carboxylic acids is 1. The van der Waals surface area contributed by atoms with E-state index < -0.39 is 0 Å². The molecule has 0 aliphatic rings. The Labute approximate surface area is 92.8 Å². The lowest BCUT2D eigenvalue weighted by molar-refractivity contribution is 0.0528. The lowest BCUT2D eigenvalue weighted by Gasteiger charge is -2.06. The van der Waals surface area contributed by atoms with Crippen molar-refractivity contribution in [2.75, 3.05) is 12.3 Å². The normalized spacial score (nSPS) is 10.6.